The molecule has 1 unspecified atom stereocenters. The molecule has 0 radical (unpaired) electrons. The van der Waals surface area contributed by atoms with Crippen LogP contribution in [0.15, 0.2) is 18.2 Å². The molecule has 2 aliphatic rings. The summed E-state index contributed by atoms with van der Waals surface area (Å²) in [5.41, 5.74) is 0.788. The Morgan fingerprint density at radius 3 is 2.92 bits per heavy atom. The predicted octanol–water partition coefficient (Wildman–Crippen LogP) is 0.623. The van der Waals surface area contributed by atoms with E-state index in [2.05, 4.69) is 10.2 Å². The van der Waals surface area contributed by atoms with E-state index in [1.54, 1.807) is 12.1 Å². The van der Waals surface area contributed by atoms with Gasteiger partial charge < -0.3 is 19.9 Å². The summed E-state index contributed by atoms with van der Waals surface area (Å²) >= 11 is 0. The van der Waals surface area contributed by atoms with Crippen molar-refractivity contribution in [1.82, 2.24) is 10.2 Å². The first-order chi connectivity index (χ1) is 11.6. The van der Waals surface area contributed by atoms with Gasteiger partial charge in [0, 0.05) is 44.6 Å². The Morgan fingerprint density at radius 1 is 1.33 bits per heavy atom. The molecule has 1 saturated heterocycles. The number of nitrogens with zero attached hydrogens (tertiary/aromatic N) is 1. The van der Waals surface area contributed by atoms with Gasteiger partial charge in [-0.05, 0) is 11.6 Å². The van der Waals surface area contributed by atoms with E-state index < -0.39 is 0 Å². The van der Waals surface area contributed by atoms with Crippen LogP contribution in [0.5, 0.6) is 11.5 Å². The van der Waals surface area contributed by atoms with Gasteiger partial charge in [0.2, 0.25) is 5.91 Å². The highest BCUT2D eigenvalue weighted by Crippen LogP contribution is 2.38. The van der Waals surface area contributed by atoms with Gasteiger partial charge in [0.15, 0.2) is 0 Å². The summed E-state index contributed by atoms with van der Waals surface area (Å²) in [5.74, 6) is -0.291. The fourth-order valence-corrected chi connectivity index (χ4v) is 3.08. The number of hydrogen-bond acceptors (Lipinski definition) is 6. The van der Waals surface area contributed by atoms with Crippen LogP contribution in [0.3, 0.4) is 0 Å². The molecule has 1 aromatic rings. The van der Waals surface area contributed by atoms with Crippen molar-refractivity contribution in [2.45, 2.75) is 18.8 Å². The van der Waals surface area contributed by atoms with Crippen LogP contribution in [-0.2, 0) is 14.3 Å². The zero-order chi connectivity index (χ0) is 16.9. The average Bonchev–Trinajstić information content (AvgIpc) is 2.55. The number of phenolic OH excluding ortho intramolecular Hbond substituents is 1. The van der Waals surface area contributed by atoms with Crippen LogP contribution in [0, 0.1) is 0 Å². The molecule has 0 spiro atoms. The Labute approximate surface area is 140 Å². The van der Waals surface area contributed by atoms with Crippen LogP contribution in [0.1, 0.15) is 24.3 Å². The van der Waals surface area contributed by atoms with Crippen molar-refractivity contribution in [2.75, 3.05) is 39.4 Å². The van der Waals surface area contributed by atoms with Crippen molar-refractivity contribution in [3.8, 4) is 11.5 Å². The van der Waals surface area contributed by atoms with Crippen molar-refractivity contribution in [3.63, 3.8) is 0 Å². The Hall–Kier alpha value is -2.12. The number of morpholine rings is 1. The highest BCUT2D eigenvalue weighted by molar-refractivity contribution is 5.81. The van der Waals surface area contributed by atoms with Gasteiger partial charge in [0.1, 0.15) is 11.5 Å². The van der Waals surface area contributed by atoms with Crippen LogP contribution < -0.4 is 10.1 Å². The second-order valence-electron chi connectivity index (χ2n) is 6.11. The van der Waals surface area contributed by atoms with Crippen molar-refractivity contribution in [1.29, 1.82) is 0 Å². The smallest absolute Gasteiger partial charge is 0.311 e. The normalized spacial score (nSPS) is 21.0. The third-order valence-electron chi connectivity index (χ3n) is 4.36. The maximum Gasteiger partial charge on any atom is 0.311 e. The van der Waals surface area contributed by atoms with E-state index >= 15 is 0 Å². The summed E-state index contributed by atoms with van der Waals surface area (Å²) in [6.45, 7) is 4.64. The van der Waals surface area contributed by atoms with E-state index in [1.165, 1.54) is 6.07 Å². The number of carbonyl (C=O) groups excluding carboxylic acids is 2. The second kappa shape index (κ2) is 7.63. The summed E-state index contributed by atoms with van der Waals surface area (Å²) in [6, 6.07) is 4.67. The largest absolute Gasteiger partial charge is 0.508 e. The molecule has 3 rings (SSSR count). The van der Waals surface area contributed by atoms with E-state index in [0.717, 1.165) is 38.4 Å². The average molecular weight is 334 g/mol. The number of phenols is 1. The molecule has 7 heteroatoms. The number of esters is 1. The Kier molecular flexibility index (Phi) is 5.32. The molecule has 1 amide bonds. The number of rotatable bonds is 5. The van der Waals surface area contributed by atoms with Crippen LogP contribution in [0.4, 0.5) is 0 Å². The Morgan fingerprint density at radius 2 is 2.12 bits per heavy atom. The molecule has 130 valence electrons. The molecule has 2 aliphatic heterocycles. The minimum absolute atomic E-state index is 0.0390. The molecule has 0 bridgehead atoms. The number of aromatic hydroxyl groups is 1. The number of benzene rings is 1. The molecule has 0 aromatic heterocycles. The lowest BCUT2D eigenvalue weighted by molar-refractivity contribution is -0.136. The first-order valence-electron chi connectivity index (χ1n) is 8.22. The number of hydrogen-bond donors (Lipinski definition) is 2. The van der Waals surface area contributed by atoms with Crippen molar-refractivity contribution < 1.29 is 24.2 Å². The molecule has 2 N–H and O–H groups in total. The van der Waals surface area contributed by atoms with Crippen molar-refractivity contribution in [3.05, 3.63) is 23.8 Å². The number of ether oxygens (including phenoxy) is 2. The van der Waals surface area contributed by atoms with E-state index in [9.17, 15) is 14.7 Å². The molecule has 2 heterocycles. The van der Waals surface area contributed by atoms with E-state index in [0.29, 0.717) is 12.3 Å². The summed E-state index contributed by atoms with van der Waals surface area (Å²) in [7, 11) is 0. The minimum Gasteiger partial charge on any atom is -0.508 e. The van der Waals surface area contributed by atoms with Crippen LogP contribution in [-0.4, -0.2) is 61.3 Å². The van der Waals surface area contributed by atoms with Crippen molar-refractivity contribution >= 4 is 11.9 Å². The van der Waals surface area contributed by atoms with Crippen LogP contribution in [0.25, 0.3) is 0 Å². The van der Waals surface area contributed by atoms with Crippen molar-refractivity contribution in [2.24, 2.45) is 0 Å². The quantitative estimate of drug-likeness (QED) is 0.606. The lowest BCUT2D eigenvalue weighted by Gasteiger charge is -2.27. The molecular formula is C17H22N2O5. The maximum absolute atomic E-state index is 12.2. The summed E-state index contributed by atoms with van der Waals surface area (Å²) in [5, 5.41) is 12.4. The fourth-order valence-electron chi connectivity index (χ4n) is 3.08. The van der Waals surface area contributed by atoms with Gasteiger partial charge in [-0.1, -0.05) is 6.07 Å². The Balaban J connectivity index is 1.52. The molecular weight excluding hydrogens is 312 g/mol. The predicted molar refractivity (Wildman–Crippen MR) is 86.0 cm³/mol. The lowest BCUT2D eigenvalue weighted by atomic mass is 9.89. The van der Waals surface area contributed by atoms with Gasteiger partial charge in [0.05, 0.1) is 19.6 Å². The third kappa shape index (κ3) is 4.24. The standard InChI is InChI=1S/C17H22N2O5/c20-13-1-2-14-12(10-17(22)24-15(14)11-13)9-16(21)18-3-4-19-5-7-23-8-6-19/h1-2,11-12,20H,3-10H2,(H,18,21). The van der Waals surface area contributed by atoms with Gasteiger partial charge in [-0.25, -0.2) is 0 Å². The number of amides is 1. The number of nitrogens with one attached hydrogen (secondary N) is 1. The lowest BCUT2D eigenvalue weighted by Crippen LogP contribution is -2.41. The zero-order valence-electron chi connectivity index (χ0n) is 13.5. The number of carbonyl (C=O) groups is 2. The maximum atomic E-state index is 12.2. The van der Waals surface area contributed by atoms with E-state index in [-0.39, 0.29) is 36.4 Å². The third-order valence-corrected chi connectivity index (χ3v) is 4.36. The van der Waals surface area contributed by atoms with Crippen LogP contribution in [0.2, 0.25) is 0 Å². The van der Waals surface area contributed by atoms with Gasteiger partial charge in [-0.3, -0.25) is 14.5 Å². The first kappa shape index (κ1) is 16.7. The molecule has 1 atom stereocenters. The molecule has 1 fully saturated rings. The Bertz CT molecular complexity index is 613. The zero-order valence-corrected chi connectivity index (χ0v) is 13.5. The summed E-state index contributed by atoms with van der Waals surface area (Å²) < 4.78 is 10.4. The molecule has 24 heavy (non-hydrogen) atoms. The van der Waals surface area contributed by atoms with Gasteiger partial charge in [0.25, 0.3) is 0 Å². The second-order valence-corrected chi connectivity index (χ2v) is 6.11. The topological polar surface area (TPSA) is 88.1 Å². The van der Waals surface area contributed by atoms with Gasteiger partial charge in [-0.15, -0.1) is 0 Å². The SMILES string of the molecule is O=C(CC1CC(=O)Oc2cc(O)ccc21)NCCN1CCOCC1. The molecule has 0 aliphatic carbocycles. The minimum atomic E-state index is -0.376. The molecule has 0 saturated carbocycles. The van der Waals surface area contributed by atoms with E-state index in [1.807, 2.05) is 0 Å². The van der Waals surface area contributed by atoms with Gasteiger partial charge >= 0.3 is 5.97 Å². The molecule has 7 nitrogen and oxygen atoms in total. The first-order valence-corrected chi connectivity index (χ1v) is 8.22. The summed E-state index contributed by atoms with van der Waals surface area (Å²) in [4.78, 5) is 26.1. The highest BCUT2D eigenvalue weighted by Gasteiger charge is 2.29. The fraction of sp³-hybridized carbons (Fsp3) is 0.529. The van der Waals surface area contributed by atoms with E-state index in [4.69, 9.17) is 9.47 Å². The monoisotopic (exact) mass is 334 g/mol. The van der Waals surface area contributed by atoms with Crippen LogP contribution >= 0.6 is 0 Å². The van der Waals surface area contributed by atoms with Gasteiger partial charge in [-0.2, -0.15) is 0 Å². The number of fused-ring (bicyclic) bond motifs is 1. The summed E-state index contributed by atoms with van der Waals surface area (Å²) in [6.07, 6.45) is 0.407. The highest BCUT2D eigenvalue weighted by atomic mass is 16.5. The molecule has 1 aromatic carbocycles.